The first kappa shape index (κ1) is 15.4. The number of ether oxygens (including phenoxy) is 2. The summed E-state index contributed by atoms with van der Waals surface area (Å²) in [5, 5.41) is 0. The van der Waals surface area contributed by atoms with Crippen LogP contribution < -0.4 is 10.2 Å². The zero-order valence-electron chi connectivity index (χ0n) is 9.64. The van der Waals surface area contributed by atoms with Crippen LogP contribution in [0.3, 0.4) is 0 Å². The number of carbonyl (C=O) groups excluding carboxylic acids is 1. The Labute approximate surface area is 110 Å². The molecule has 0 aliphatic carbocycles. The van der Waals surface area contributed by atoms with E-state index in [0.717, 1.165) is 13.3 Å². The van der Waals surface area contributed by atoms with Crippen molar-refractivity contribution < 1.29 is 27.4 Å². The fraction of sp³-hybridized carbons (Fsp3) is 0.400. The van der Waals surface area contributed by atoms with Crippen molar-refractivity contribution in [3.63, 3.8) is 0 Å². The van der Waals surface area contributed by atoms with Crippen LogP contribution in [0.4, 0.5) is 13.2 Å². The van der Waals surface area contributed by atoms with Crippen molar-refractivity contribution in [2.75, 3.05) is 7.11 Å². The van der Waals surface area contributed by atoms with E-state index in [4.69, 9.17) is 11.6 Å². The van der Waals surface area contributed by atoms with Gasteiger partial charge in [-0.05, 0) is 0 Å². The molecule has 0 unspecified atom stereocenters. The molecule has 0 radical (unpaired) electrons. The predicted octanol–water partition coefficient (Wildman–Crippen LogP) is 1.73. The summed E-state index contributed by atoms with van der Waals surface area (Å²) in [6.45, 7) is 0. The lowest BCUT2D eigenvalue weighted by atomic mass is 10.1. The van der Waals surface area contributed by atoms with Gasteiger partial charge in [0.2, 0.25) is 5.88 Å². The molecular weight excluding hydrogens is 291 g/mol. The summed E-state index contributed by atoms with van der Waals surface area (Å²) < 4.78 is 44.5. The van der Waals surface area contributed by atoms with Crippen LogP contribution in [0.2, 0.25) is 0 Å². The van der Waals surface area contributed by atoms with Gasteiger partial charge in [-0.3, -0.25) is 9.59 Å². The smallest absolute Gasteiger partial charge is 0.469 e. The van der Waals surface area contributed by atoms with Gasteiger partial charge in [0.25, 0.3) is 0 Å². The van der Waals surface area contributed by atoms with Crippen LogP contribution in [-0.4, -0.2) is 24.4 Å². The zero-order valence-corrected chi connectivity index (χ0v) is 10.4. The van der Waals surface area contributed by atoms with Crippen molar-refractivity contribution in [2.24, 2.45) is 0 Å². The van der Waals surface area contributed by atoms with E-state index in [-0.39, 0.29) is 11.4 Å². The normalized spacial score (nSPS) is 11.2. The molecular formula is C10H9ClF3NO4. The number of rotatable bonds is 4. The van der Waals surface area contributed by atoms with E-state index >= 15 is 0 Å². The highest BCUT2D eigenvalue weighted by Crippen LogP contribution is 2.23. The Morgan fingerprint density at radius 1 is 1.47 bits per heavy atom. The lowest BCUT2D eigenvalue weighted by molar-refractivity contribution is -0.276. The Bertz CT molecular complexity index is 526. The average Bonchev–Trinajstić information content (AvgIpc) is 2.32. The van der Waals surface area contributed by atoms with Crippen molar-refractivity contribution in [1.82, 2.24) is 4.98 Å². The lowest BCUT2D eigenvalue weighted by Crippen LogP contribution is -2.25. The Morgan fingerprint density at radius 3 is 2.58 bits per heavy atom. The summed E-state index contributed by atoms with van der Waals surface area (Å²) in [6, 6.07) is 0. The van der Waals surface area contributed by atoms with Gasteiger partial charge < -0.3 is 14.5 Å². The van der Waals surface area contributed by atoms with Crippen molar-refractivity contribution in [2.45, 2.75) is 18.7 Å². The lowest BCUT2D eigenvalue weighted by Gasteiger charge is -2.12. The van der Waals surface area contributed by atoms with Gasteiger partial charge in [0, 0.05) is 11.8 Å². The first-order valence-corrected chi connectivity index (χ1v) is 5.44. The van der Waals surface area contributed by atoms with Crippen LogP contribution in [-0.2, 0) is 21.8 Å². The van der Waals surface area contributed by atoms with Crippen molar-refractivity contribution in [1.29, 1.82) is 0 Å². The number of esters is 1. The van der Waals surface area contributed by atoms with E-state index in [0.29, 0.717) is 0 Å². The number of hydrogen-bond acceptors (Lipinski definition) is 4. The Morgan fingerprint density at radius 2 is 2.11 bits per heavy atom. The third-order valence-electron chi connectivity index (χ3n) is 2.13. The van der Waals surface area contributed by atoms with Crippen molar-refractivity contribution >= 4 is 17.6 Å². The summed E-state index contributed by atoms with van der Waals surface area (Å²) in [4.78, 5) is 25.1. The number of aromatic amines is 1. The largest absolute Gasteiger partial charge is 0.574 e. The molecule has 0 amide bonds. The average molecular weight is 300 g/mol. The van der Waals surface area contributed by atoms with Gasteiger partial charge >= 0.3 is 12.3 Å². The molecule has 1 rings (SSSR count). The van der Waals surface area contributed by atoms with Gasteiger partial charge in [0.1, 0.15) is 0 Å². The molecule has 0 spiro atoms. The van der Waals surface area contributed by atoms with Crippen LogP contribution in [0.15, 0.2) is 11.0 Å². The van der Waals surface area contributed by atoms with Crippen LogP contribution in [0.5, 0.6) is 5.88 Å². The molecule has 1 heterocycles. The number of pyridine rings is 1. The molecule has 9 heteroatoms. The highest BCUT2D eigenvalue weighted by molar-refractivity contribution is 6.17. The number of aromatic nitrogens is 1. The molecule has 0 saturated carbocycles. The quantitative estimate of drug-likeness (QED) is 0.679. The number of methoxy groups -OCH3 is 1. The Balaban J connectivity index is 3.26. The molecule has 5 nitrogen and oxygen atoms in total. The topological polar surface area (TPSA) is 68.4 Å². The van der Waals surface area contributed by atoms with E-state index in [2.05, 4.69) is 14.5 Å². The molecule has 0 aliphatic heterocycles. The number of carbonyl (C=O) groups is 1. The molecule has 0 aliphatic rings. The van der Waals surface area contributed by atoms with Crippen molar-refractivity contribution in [3.8, 4) is 5.88 Å². The molecule has 106 valence electrons. The third kappa shape index (κ3) is 4.16. The Kier molecular flexibility index (Phi) is 4.82. The minimum atomic E-state index is -4.99. The fourth-order valence-corrected chi connectivity index (χ4v) is 1.48. The van der Waals surface area contributed by atoms with E-state index < -0.39 is 35.6 Å². The minimum Gasteiger partial charge on any atom is -0.469 e. The first-order chi connectivity index (χ1) is 8.78. The monoisotopic (exact) mass is 299 g/mol. The van der Waals surface area contributed by atoms with Gasteiger partial charge in [-0.1, -0.05) is 0 Å². The molecule has 0 atom stereocenters. The highest BCUT2D eigenvalue weighted by Gasteiger charge is 2.33. The first-order valence-electron chi connectivity index (χ1n) is 4.90. The molecule has 1 aromatic rings. The minimum absolute atomic E-state index is 0.0232. The third-order valence-corrected chi connectivity index (χ3v) is 2.42. The second kappa shape index (κ2) is 5.96. The number of alkyl halides is 4. The molecule has 0 fully saturated rings. The van der Waals surface area contributed by atoms with Gasteiger partial charge in [-0.25, -0.2) is 0 Å². The molecule has 0 saturated heterocycles. The number of halogens is 4. The number of nitrogens with one attached hydrogen (secondary N) is 1. The summed E-state index contributed by atoms with van der Waals surface area (Å²) in [5.41, 5.74) is -1.25. The van der Waals surface area contributed by atoms with E-state index in [9.17, 15) is 22.8 Å². The Hall–Kier alpha value is -1.70. The van der Waals surface area contributed by atoms with Crippen molar-refractivity contribution in [3.05, 3.63) is 27.5 Å². The standard InChI is InChI=1S/C10H9ClF3NO4/c1-18-7(16)2-6-8(17)5(3-11)4-15-9(6)19-10(12,13)14/h4H,2-3H2,1H3,(H,15,17). The summed E-state index contributed by atoms with van der Waals surface area (Å²) >= 11 is 5.46. The zero-order chi connectivity index (χ0) is 14.6. The van der Waals surface area contributed by atoms with E-state index in [1.54, 1.807) is 0 Å². The van der Waals surface area contributed by atoms with Crippen LogP contribution in [0.25, 0.3) is 0 Å². The predicted molar refractivity (Wildman–Crippen MR) is 59.0 cm³/mol. The maximum absolute atomic E-state index is 12.2. The van der Waals surface area contributed by atoms with Crippen LogP contribution >= 0.6 is 11.6 Å². The molecule has 1 N–H and O–H groups in total. The molecule has 0 bridgehead atoms. The number of H-pyrrole nitrogens is 1. The van der Waals surface area contributed by atoms with Gasteiger partial charge in [0.15, 0.2) is 5.43 Å². The van der Waals surface area contributed by atoms with Gasteiger partial charge in [-0.2, -0.15) is 0 Å². The molecule has 0 aromatic carbocycles. The second-order valence-corrected chi connectivity index (χ2v) is 3.65. The van der Waals surface area contributed by atoms with Crippen LogP contribution in [0.1, 0.15) is 11.1 Å². The summed E-state index contributed by atoms with van der Waals surface area (Å²) in [7, 11) is 1.05. The maximum atomic E-state index is 12.2. The SMILES string of the molecule is COC(=O)Cc1c(OC(F)(F)F)[nH]cc(CCl)c1=O. The van der Waals surface area contributed by atoms with Crippen LogP contribution in [0, 0.1) is 0 Å². The fourth-order valence-electron chi connectivity index (χ4n) is 1.29. The second-order valence-electron chi connectivity index (χ2n) is 3.39. The highest BCUT2D eigenvalue weighted by atomic mass is 35.5. The molecule has 1 aromatic heterocycles. The summed E-state index contributed by atoms with van der Waals surface area (Å²) in [5.74, 6) is -1.93. The van der Waals surface area contributed by atoms with E-state index in [1.807, 2.05) is 0 Å². The maximum Gasteiger partial charge on any atom is 0.574 e. The number of hydrogen-bond donors (Lipinski definition) is 1. The summed E-state index contributed by atoms with van der Waals surface area (Å²) in [6.07, 6.45) is -4.64. The van der Waals surface area contributed by atoms with E-state index in [1.165, 1.54) is 0 Å². The van der Waals surface area contributed by atoms with Gasteiger partial charge in [0.05, 0.1) is 25.0 Å². The molecule has 19 heavy (non-hydrogen) atoms. The van der Waals surface area contributed by atoms with Gasteiger partial charge in [-0.15, -0.1) is 24.8 Å².